The van der Waals surface area contributed by atoms with E-state index in [4.69, 9.17) is 11.6 Å². The van der Waals surface area contributed by atoms with Crippen LogP contribution in [-0.4, -0.2) is 26.3 Å². The van der Waals surface area contributed by atoms with Gasteiger partial charge in [0.1, 0.15) is 0 Å². The van der Waals surface area contributed by atoms with Crippen LogP contribution in [0.3, 0.4) is 0 Å². The van der Waals surface area contributed by atoms with Gasteiger partial charge in [-0.05, 0) is 36.2 Å². The maximum atomic E-state index is 12.6. The second-order valence-electron chi connectivity index (χ2n) is 5.37. The maximum Gasteiger partial charge on any atom is 0.242 e. The summed E-state index contributed by atoms with van der Waals surface area (Å²) in [6.45, 7) is 4.14. The number of nitrogens with zero attached hydrogens (tertiary/aromatic N) is 1. The van der Waals surface area contributed by atoms with Gasteiger partial charge >= 0.3 is 0 Å². The number of hydrogen-bond donors (Lipinski definition) is 0. The summed E-state index contributed by atoms with van der Waals surface area (Å²) in [5.41, 5.74) is 1.01. The fourth-order valence-electron chi connectivity index (χ4n) is 2.46. The molecule has 0 bridgehead atoms. The lowest BCUT2D eigenvalue weighted by molar-refractivity contribution is 0.436. The summed E-state index contributed by atoms with van der Waals surface area (Å²) in [6, 6.07) is 16.0. The molecule has 0 radical (unpaired) electrons. The Balaban J connectivity index is 2.24. The first kappa shape index (κ1) is 17.7. The summed E-state index contributed by atoms with van der Waals surface area (Å²) in [5, 5.41) is 0.644. The van der Waals surface area contributed by atoms with Crippen molar-refractivity contribution >= 4 is 21.6 Å². The zero-order valence-corrected chi connectivity index (χ0v) is 14.6. The molecule has 2 aromatic rings. The highest BCUT2D eigenvalue weighted by atomic mass is 35.5. The highest BCUT2D eigenvalue weighted by Crippen LogP contribution is 2.26. The molecule has 23 heavy (non-hydrogen) atoms. The second-order valence-corrected chi connectivity index (χ2v) is 7.86. The number of likely N-dealkylation sites (N-methyl/N-ethyl adjacent to an activating group) is 1. The molecule has 0 aliphatic rings. The number of rotatable bonds is 7. The minimum Gasteiger partial charge on any atom is -0.207 e. The van der Waals surface area contributed by atoms with Crippen molar-refractivity contribution in [3.63, 3.8) is 0 Å². The summed E-state index contributed by atoms with van der Waals surface area (Å²) in [6.07, 6.45) is 2.48. The lowest BCUT2D eigenvalue weighted by atomic mass is 9.96. The van der Waals surface area contributed by atoms with Gasteiger partial charge in [0.25, 0.3) is 0 Å². The molecule has 0 saturated heterocycles. The van der Waals surface area contributed by atoms with Crippen molar-refractivity contribution in [3.05, 3.63) is 77.8 Å². The Morgan fingerprint density at radius 3 is 2.48 bits per heavy atom. The van der Waals surface area contributed by atoms with Crippen LogP contribution in [0.25, 0.3) is 0 Å². The van der Waals surface area contributed by atoms with Crippen molar-refractivity contribution in [1.29, 1.82) is 0 Å². The summed E-state index contributed by atoms with van der Waals surface area (Å²) >= 11 is 6.05. The second kappa shape index (κ2) is 7.77. The SMILES string of the molecule is C=CCC(CN(C)S(=O)(=O)c1ccccc1)c1cccc(Cl)c1. The van der Waals surface area contributed by atoms with Crippen molar-refractivity contribution in [1.82, 2.24) is 4.31 Å². The van der Waals surface area contributed by atoms with Crippen LogP contribution in [0.15, 0.2) is 72.1 Å². The molecule has 1 atom stereocenters. The van der Waals surface area contributed by atoms with Crippen LogP contribution in [-0.2, 0) is 10.0 Å². The lowest BCUT2D eigenvalue weighted by Crippen LogP contribution is -2.31. The summed E-state index contributed by atoms with van der Waals surface area (Å²) in [7, 11) is -1.90. The quantitative estimate of drug-likeness (QED) is 0.698. The molecule has 0 fully saturated rings. The molecule has 2 rings (SSSR count). The molecule has 0 aliphatic heterocycles. The summed E-state index contributed by atoms with van der Waals surface area (Å²) in [4.78, 5) is 0.297. The average molecular weight is 350 g/mol. The first-order valence-corrected chi connectivity index (χ1v) is 9.14. The number of benzene rings is 2. The molecule has 0 aliphatic carbocycles. The maximum absolute atomic E-state index is 12.6. The van der Waals surface area contributed by atoms with E-state index >= 15 is 0 Å². The molecule has 0 heterocycles. The fourth-order valence-corrected chi connectivity index (χ4v) is 3.89. The van der Waals surface area contributed by atoms with Crippen molar-refractivity contribution in [2.24, 2.45) is 0 Å². The predicted octanol–water partition coefficient (Wildman–Crippen LogP) is 4.32. The van der Waals surface area contributed by atoms with Gasteiger partial charge < -0.3 is 0 Å². The third-order valence-corrected chi connectivity index (χ3v) is 5.77. The topological polar surface area (TPSA) is 37.4 Å². The smallest absolute Gasteiger partial charge is 0.207 e. The van der Waals surface area contributed by atoms with Crippen molar-refractivity contribution in [3.8, 4) is 0 Å². The van der Waals surface area contributed by atoms with Gasteiger partial charge in [-0.1, -0.05) is 48.0 Å². The van der Waals surface area contributed by atoms with Crippen molar-refractivity contribution < 1.29 is 8.42 Å². The first-order valence-electron chi connectivity index (χ1n) is 7.33. The summed E-state index contributed by atoms with van der Waals surface area (Å²) < 4.78 is 26.7. The van der Waals surface area contributed by atoms with Crippen LogP contribution in [0, 0.1) is 0 Å². The van der Waals surface area contributed by atoms with E-state index in [0.717, 1.165) is 5.56 Å². The Bertz CT molecular complexity index is 760. The van der Waals surface area contributed by atoms with E-state index < -0.39 is 10.0 Å². The first-order chi connectivity index (χ1) is 10.9. The van der Waals surface area contributed by atoms with Crippen LogP contribution in [0.4, 0.5) is 0 Å². The zero-order chi connectivity index (χ0) is 16.9. The molecular weight excluding hydrogens is 330 g/mol. The van der Waals surface area contributed by atoms with Crippen LogP contribution in [0.2, 0.25) is 5.02 Å². The van der Waals surface area contributed by atoms with Gasteiger partial charge in [0.2, 0.25) is 10.0 Å². The van der Waals surface area contributed by atoms with Gasteiger partial charge in [0.05, 0.1) is 4.90 Å². The van der Waals surface area contributed by atoms with E-state index in [1.807, 2.05) is 18.2 Å². The van der Waals surface area contributed by atoms with Gasteiger partial charge in [-0.3, -0.25) is 0 Å². The molecule has 0 N–H and O–H groups in total. The lowest BCUT2D eigenvalue weighted by Gasteiger charge is -2.23. The predicted molar refractivity (Wildman–Crippen MR) is 95.3 cm³/mol. The highest BCUT2D eigenvalue weighted by molar-refractivity contribution is 7.89. The standard InChI is InChI=1S/C18H20ClNO2S/c1-3-8-16(15-9-7-10-17(19)13-15)14-20(2)23(21,22)18-11-5-4-6-12-18/h3-7,9-13,16H,1,8,14H2,2H3. The Hall–Kier alpha value is -1.62. The number of allylic oxidation sites excluding steroid dienone is 1. The van der Waals surface area contributed by atoms with E-state index in [2.05, 4.69) is 6.58 Å². The van der Waals surface area contributed by atoms with E-state index in [0.29, 0.717) is 22.9 Å². The third-order valence-electron chi connectivity index (χ3n) is 3.70. The average Bonchev–Trinajstić information content (AvgIpc) is 2.55. The number of halogens is 1. The Morgan fingerprint density at radius 2 is 1.87 bits per heavy atom. The molecule has 0 saturated carbocycles. The van der Waals surface area contributed by atoms with Crippen LogP contribution in [0.1, 0.15) is 17.9 Å². The number of sulfonamides is 1. The molecule has 1 unspecified atom stereocenters. The van der Waals surface area contributed by atoms with Gasteiger partial charge in [-0.15, -0.1) is 6.58 Å². The summed E-state index contributed by atoms with van der Waals surface area (Å²) in [5.74, 6) is 0.00897. The molecule has 3 nitrogen and oxygen atoms in total. The zero-order valence-electron chi connectivity index (χ0n) is 13.0. The molecular formula is C18H20ClNO2S. The van der Waals surface area contributed by atoms with Crippen molar-refractivity contribution in [2.45, 2.75) is 17.2 Å². The molecule has 122 valence electrons. The van der Waals surface area contributed by atoms with Crippen LogP contribution < -0.4 is 0 Å². The molecule has 0 spiro atoms. The number of hydrogen-bond acceptors (Lipinski definition) is 2. The Morgan fingerprint density at radius 1 is 1.17 bits per heavy atom. The minimum atomic E-state index is -3.50. The Labute approximate surface area is 143 Å². The molecule has 2 aromatic carbocycles. The Kier molecular flexibility index (Phi) is 5.99. The van der Waals surface area contributed by atoms with Gasteiger partial charge in [-0.2, -0.15) is 0 Å². The van der Waals surface area contributed by atoms with E-state index in [1.165, 1.54) is 4.31 Å². The van der Waals surface area contributed by atoms with E-state index in [1.54, 1.807) is 49.5 Å². The molecule has 5 heteroatoms. The van der Waals surface area contributed by atoms with E-state index in [-0.39, 0.29) is 5.92 Å². The third kappa shape index (κ3) is 4.44. The highest BCUT2D eigenvalue weighted by Gasteiger charge is 2.24. The van der Waals surface area contributed by atoms with Crippen LogP contribution in [0.5, 0.6) is 0 Å². The minimum absolute atomic E-state index is 0.00897. The largest absolute Gasteiger partial charge is 0.242 e. The normalized spacial score (nSPS) is 13.0. The van der Waals surface area contributed by atoms with Gasteiger partial charge in [-0.25, -0.2) is 12.7 Å². The monoisotopic (exact) mass is 349 g/mol. The van der Waals surface area contributed by atoms with Gasteiger partial charge in [0.15, 0.2) is 0 Å². The van der Waals surface area contributed by atoms with Crippen LogP contribution >= 0.6 is 11.6 Å². The van der Waals surface area contributed by atoms with Crippen molar-refractivity contribution in [2.75, 3.05) is 13.6 Å². The van der Waals surface area contributed by atoms with Gasteiger partial charge in [0, 0.05) is 24.5 Å². The fraction of sp³-hybridized carbons (Fsp3) is 0.222. The van der Waals surface area contributed by atoms with E-state index in [9.17, 15) is 8.42 Å². The molecule has 0 aromatic heterocycles. The molecule has 0 amide bonds.